The van der Waals surface area contributed by atoms with Crippen molar-refractivity contribution in [2.24, 2.45) is 0 Å². The molecule has 2 N–H and O–H groups in total. The maximum atomic E-state index is 12.3. The minimum atomic E-state index is 0.219. The topological polar surface area (TPSA) is 62.5 Å². The number of benzene rings is 1. The SMILES string of the molecule is Cc1cccc(CN2CCN(C(=O)CCc3csc(N)n3)CC2)c1. The first-order valence-electron chi connectivity index (χ1n) is 8.36. The first-order valence-corrected chi connectivity index (χ1v) is 9.23. The highest BCUT2D eigenvalue weighted by molar-refractivity contribution is 7.13. The molecule has 5 nitrogen and oxygen atoms in total. The Bertz CT molecular complexity index is 692. The molecule has 2 aromatic rings. The van der Waals surface area contributed by atoms with E-state index in [4.69, 9.17) is 5.73 Å². The number of amides is 1. The van der Waals surface area contributed by atoms with E-state index in [0.29, 0.717) is 18.0 Å². The highest BCUT2D eigenvalue weighted by Gasteiger charge is 2.21. The summed E-state index contributed by atoms with van der Waals surface area (Å²) in [6.45, 7) is 6.57. The molecule has 0 aliphatic carbocycles. The zero-order valence-electron chi connectivity index (χ0n) is 14.1. The summed E-state index contributed by atoms with van der Waals surface area (Å²) in [5.41, 5.74) is 9.18. The molecule has 1 saturated heterocycles. The van der Waals surface area contributed by atoms with Crippen LogP contribution in [-0.4, -0.2) is 46.9 Å². The Morgan fingerprint density at radius 2 is 2.08 bits per heavy atom. The number of piperazine rings is 1. The molecule has 24 heavy (non-hydrogen) atoms. The number of hydrogen-bond donors (Lipinski definition) is 1. The number of aromatic nitrogens is 1. The maximum absolute atomic E-state index is 12.3. The van der Waals surface area contributed by atoms with Gasteiger partial charge in [0, 0.05) is 44.5 Å². The van der Waals surface area contributed by atoms with Crippen molar-refractivity contribution in [1.29, 1.82) is 0 Å². The lowest BCUT2D eigenvalue weighted by molar-refractivity contribution is -0.133. The molecule has 0 atom stereocenters. The molecule has 1 aliphatic rings. The summed E-state index contributed by atoms with van der Waals surface area (Å²) in [6.07, 6.45) is 1.19. The van der Waals surface area contributed by atoms with E-state index in [0.717, 1.165) is 38.4 Å². The third kappa shape index (κ3) is 4.55. The van der Waals surface area contributed by atoms with Crippen LogP contribution in [0.1, 0.15) is 23.2 Å². The van der Waals surface area contributed by atoms with Gasteiger partial charge < -0.3 is 10.6 Å². The Hall–Kier alpha value is -1.92. The lowest BCUT2D eigenvalue weighted by Gasteiger charge is -2.34. The molecule has 128 valence electrons. The molecule has 0 saturated carbocycles. The number of nitrogen functional groups attached to an aromatic ring is 1. The van der Waals surface area contributed by atoms with Gasteiger partial charge in [0.2, 0.25) is 5.91 Å². The van der Waals surface area contributed by atoms with Crippen LogP contribution in [0.5, 0.6) is 0 Å². The zero-order valence-corrected chi connectivity index (χ0v) is 14.9. The normalized spacial score (nSPS) is 15.6. The maximum Gasteiger partial charge on any atom is 0.223 e. The van der Waals surface area contributed by atoms with E-state index in [9.17, 15) is 4.79 Å². The van der Waals surface area contributed by atoms with Crippen molar-refractivity contribution in [3.05, 3.63) is 46.5 Å². The van der Waals surface area contributed by atoms with E-state index >= 15 is 0 Å². The molecule has 2 heterocycles. The molecule has 1 amide bonds. The highest BCUT2D eigenvalue weighted by Crippen LogP contribution is 2.14. The van der Waals surface area contributed by atoms with E-state index in [1.165, 1.54) is 22.5 Å². The molecular weight excluding hydrogens is 320 g/mol. The zero-order chi connectivity index (χ0) is 16.9. The largest absolute Gasteiger partial charge is 0.375 e. The Morgan fingerprint density at radius 3 is 2.75 bits per heavy atom. The summed E-state index contributed by atoms with van der Waals surface area (Å²) in [6, 6.07) is 8.63. The molecule has 0 unspecified atom stereocenters. The standard InChI is InChI=1S/C18H24N4OS/c1-14-3-2-4-15(11-14)12-21-7-9-22(10-8-21)17(23)6-5-16-13-24-18(19)20-16/h2-4,11,13H,5-10,12H2,1H3,(H2,19,20). The number of carbonyl (C=O) groups is 1. The molecule has 0 spiro atoms. The van der Waals surface area contributed by atoms with Crippen molar-refractivity contribution in [3.8, 4) is 0 Å². The second-order valence-corrected chi connectivity index (χ2v) is 7.21. The number of hydrogen-bond acceptors (Lipinski definition) is 5. The van der Waals surface area contributed by atoms with Gasteiger partial charge >= 0.3 is 0 Å². The number of nitrogens with two attached hydrogens (primary N) is 1. The molecule has 1 aliphatic heterocycles. The van der Waals surface area contributed by atoms with Gasteiger partial charge in [-0.05, 0) is 18.9 Å². The van der Waals surface area contributed by atoms with Crippen LogP contribution in [0, 0.1) is 6.92 Å². The van der Waals surface area contributed by atoms with Crippen molar-refractivity contribution in [2.75, 3.05) is 31.9 Å². The van der Waals surface area contributed by atoms with Gasteiger partial charge in [0.1, 0.15) is 0 Å². The Labute approximate surface area is 147 Å². The Balaban J connectivity index is 1.43. The van der Waals surface area contributed by atoms with Gasteiger partial charge in [0.15, 0.2) is 5.13 Å². The lowest BCUT2D eigenvalue weighted by Crippen LogP contribution is -2.48. The average molecular weight is 344 g/mol. The second-order valence-electron chi connectivity index (χ2n) is 6.32. The van der Waals surface area contributed by atoms with Gasteiger partial charge in [-0.2, -0.15) is 0 Å². The predicted octanol–water partition coefficient (Wildman–Crippen LogP) is 2.31. The number of nitrogens with zero attached hydrogens (tertiary/aromatic N) is 3. The molecule has 1 aromatic carbocycles. The van der Waals surface area contributed by atoms with Crippen LogP contribution in [0.3, 0.4) is 0 Å². The van der Waals surface area contributed by atoms with Gasteiger partial charge in [-0.15, -0.1) is 11.3 Å². The van der Waals surface area contributed by atoms with Crippen LogP contribution in [0.15, 0.2) is 29.6 Å². The molecule has 1 fully saturated rings. The van der Waals surface area contributed by atoms with Crippen LogP contribution in [-0.2, 0) is 17.8 Å². The average Bonchev–Trinajstić information content (AvgIpc) is 2.99. The van der Waals surface area contributed by atoms with E-state index in [2.05, 4.69) is 41.1 Å². The van der Waals surface area contributed by atoms with E-state index in [1.54, 1.807) is 0 Å². The lowest BCUT2D eigenvalue weighted by atomic mass is 10.1. The van der Waals surface area contributed by atoms with Crippen molar-refractivity contribution in [3.63, 3.8) is 0 Å². The molecule has 3 rings (SSSR count). The second kappa shape index (κ2) is 7.77. The Kier molecular flexibility index (Phi) is 5.48. The van der Waals surface area contributed by atoms with Crippen LogP contribution < -0.4 is 5.73 Å². The van der Waals surface area contributed by atoms with Gasteiger partial charge in [-0.25, -0.2) is 4.98 Å². The van der Waals surface area contributed by atoms with Crippen molar-refractivity contribution < 1.29 is 4.79 Å². The number of carbonyl (C=O) groups excluding carboxylic acids is 1. The van der Waals surface area contributed by atoms with E-state index in [1.807, 2.05) is 10.3 Å². The number of aryl methyl sites for hydroxylation is 2. The third-order valence-electron chi connectivity index (χ3n) is 4.38. The summed E-state index contributed by atoms with van der Waals surface area (Å²) in [7, 11) is 0. The third-order valence-corrected chi connectivity index (χ3v) is 5.10. The fourth-order valence-electron chi connectivity index (χ4n) is 3.05. The van der Waals surface area contributed by atoms with Gasteiger partial charge in [-0.3, -0.25) is 9.69 Å². The van der Waals surface area contributed by atoms with Crippen molar-refractivity contribution in [2.45, 2.75) is 26.3 Å². The van der Waals surface area contributed by atoms with Crippen LogP contribution in [0.4, 0.5) is 5.13 Å². The van der Waals surface area contributed by atoms with Gasteiger partial charge in [0.25, 0.3) is 0 Å². The smallest absolute Gasteiger partial charge is 0.223 e. The first kappa shape index (κ1) is 16.9. The minimum Gasteiger partial charge on any atom is -0.375 e. The van der Waals surface area contributed by atoms with Crippen molar-refractivity contribution >= 4 is 22.4 Å². The van der Waals surface area contributed by atoms with Crippen LogP contribution in [0.25, 0.3) is 0 Å². The van der Waals surface area contributed by atoms with Crippen LogP contribution in [0.2, 0.25) is 0 Å². The summed E-state index contributed by atoms with van der Waals surface area (Å²) in [5, 5.41) is 2.50. The van der Waals surface area contributed by atoms with E-state index in [-0.39, 0.29) is 5.91 Å². The summed E-state index contributed by atoms with van der Waals surface area (Å²) < 4.78 is 0. The molecule has 0 bridgehead atoms. The fraction of sp³-hybridized carbons (Fsp3) is 0.444. The molecule has 0 radical (unpaired) electrons. The molecule has 1 aromatic heterocycles. The predicted molar refractivity (Wildman–Crippen MR) is 97.9 cm³/mol. The van der Waals surface area contributed by atoms with Crippen LogP contribution >= 0.6 is 11.3 Å². The highest BCUT2D eigenvalue weighted by atomic mass is 32.1. The summed E-state index contributed by atoms with van der Waals surface area (Å²) in [4.78, 5) is 20.9. The minimum absolute atomic E-state index is 0.219. The number of anilines is 1. The fourth-order valence-corrected chi connectivity index (χ4v) is 3.65. The quantitative estimate of drug-likeness (QED) is 0.904. The number of thiazole rings is 1. The monoisotopic (exact) mass is 344 g/mol. The van der Waals surface area contributed by atoms with Gasteiger partial charge in [-0.1, -0.05) is 29.8 Å². The Morgan fingerprint density at radius 1 is 1.29 bits per heavy atom. The summed E-state index contributed by atoms with van der Waals surface area (Å²) in [5.74, 6) is 0.219. The molecule has 6 heteroatoms. The summed E-state index contributed by atoms with van der Waals surface area (Å²) >= 11 is 1.43. The van der Waals surface area contributed by atoms with E-state index < -0.39 is 0 Å². The van der Waals surface area contributed by atoms with Crippen molar-refractivity contribution in [1.82, 2.24) is 14.8 Å². The molecular formula is C18H24N4OS. The number of rotatable bonds is 5. The van der Waals surface area contributed by atoms with Gasteiger partial charge in [0.05, 0.1) is 5.69 Å². The first-order chi connectivity index (χ1) is 11.6.